The fourth-order valence-corrected chi connectivity index (χ4v) is 3.36. The van der Waals surface area contributed by atoms with E-state index in [0.717, 1.165) is 28.0 Å². The van der Waals surface area contributed by atoms with Crippen molar-refractivity contribution in [2.45, 2.75) is 19.3 Å². The number of carbonyl (C=O) groups excluding carboxylic acids is 1. The van der Waals surface area contributed by atoms with E-state index < -0.39 is 0 Å². The zero-order chi connectivity index (χ0) is 18.2. The summed E-state index contributed by atoms with van der Waals surface area (Å²) < 4.78 is 16.1. The van der Waals surface area contributed by atoms with Crippen LogP contribution in [-0.2, 0) is 5.41 Å². The Labute approximate surface area is 148 Å². The van der Waals surface area contributed by atoms with Gasteiger partial charge in [0.2, 0.25) is 0 Å². The van der Waals surface area contributed by atoms with Crippen LogP contribution in [0.4, 0.5) is 0 Å². The zero-order valence-corrected chi connectivity index (χ0v) is 15.2. The zero-order valence-electron chi connectivity index (χ0n) is 15.2. The first-order chi connectivity index (χ1) is 11.9. The molecule has 0 fully saturated rings. The molecule has 0 aromatic heterocycles. The Morgan fingerprint density at radius 1 is 0.840 bits per heavy atom. The second kappa shape index (κ2) is 6.28. The Morgan fingerprint density at radius 3 is 2.20 bits per heavy atom. The minimum atomic E-state index is -0.350. The molecular weight excluding hydrogens is 316 g/mol. The molecule has 0 atom stereocenters. The topological polar surface area (TPSA) is 44.8 Å². The first-order valence-electron chi connectivity index (χ1n) is 8.09. The lowest BCUT2D eigenvalue weighted by molar-refractivity contribution is 0.104. The van der Waals surface area contributed by atoms with Crippen LogP contribution in [0.3, 0.4) is 0 Å². The molecule has 25 heavy (non-hydrogen) atoms. The van der Waals surface area contributed by atoms with Crippen LogP contribution in [0.2, 0.25) is 0 Å². The summed E-state index contributed by atoms with van der Waals surface area (Å²) in [4.78, 5) is 12.7. The first kappa shape index (κ1) is 17.1. The molecule has 4 nitrogen and oxygen atoms in total. The van der Waals surface area contributed by atoms with Gasteiger partial charge in [-0.15, -0.1) is 0 Å². The number of hydrogen-bond acceptors (Lipinski definition) is 4. The summed E-state index contributed by atoms with van der Waals surface area (Å²) in [7, 11) is 4.84. The number of ketones is 1. The molecule has 2 aromatic carbocycles. The van der Waals surface area contributed by atoms with Crippen molar-refractivity contribution in [3.8, 4) is 17.2 Å². The van der Waals surface area contributed by atoms with Gasteiger partial charge in [-0.3, -0.25) is 4.79 Å². The first-order valence-corrected chi connectivity index (χ1v) is 8.09. The number of carbonyl (C=O) groups is 1. The third-order valence-corrected chi connectivity index (χ3v) is 4.81. The lowest BCUT2D eigenvalue weighted by atomic mass is 9.69. The van der Waals surface area contributed by atoms with E-state index in [1.165, 1.54) is 0 Å². The van der Waals surface area contributed by atoms with Gasteiger partial charge in [-0.25, -0.2) is 0 Å². The van der Waals surface area contributed by atoms with Gasteiger partial charge in [-0.05, 0) is 53.1 Å². The minimum absolute atomic E-state index is 0.00163. The minimum Gasteiger partial charge on any atom is -0.497 e. The van der Waals surface area contributed by atoms with Gasteiger partial charge in [-0.2, -0.15) is 0 Å². The van der Waals surface area contributed by atoms with E-state index in [4.69, 9.17) is 14.2 Å². The molecule has 1 aliphatic rings. The molecule has 0 unspecified atom stereocenters. The van der Waals surface area contributed by atoms with Crippen molar-refractivity contribution in [2.24, 2.45) is 0 Å². The molecule has 0 spiro atoms. The van der Waals surface area contributed by atoms with Gasteiger partial charge in [0.25, 0.3) is 0 Å². The maximum atomic E-state index is 12.7. The van der Waals surface area contributed by atoms with Crippen molar-refractivity contribution < 1.29 is 19.0 Å². The summed E-state index contributed by atoms with van der Waals surface area (Å²) >= 11 is 0. The number of hydrogen-bond donors (Lipinski definition) is 0. The van der Waals surface area contributed by atoms with Crippen molar-refractivity contribution in [2.75, 3.05) is 21.3 Å². The third kappa shape index (κ3) is 2.78. The molecule has 4 heteroatoms. The van der Waals surface area contributed by atoms with Crippen LogP contribution in [0, 0.1) is 0 Å². The van der Waals surface area contributed by atoms with Gasteiger partial charge in [0.1, 0.15) is 5.75 Å². The highest BCUT2D eigenvalue weighted by molar-refractivity contribution is 6.13. The van der Waals surface area contributed by atoms with E-state index in [-0.39, 0.29) is 11.2 Å². The highest BCUT2D eigenvalue weighted by Gasteiger charge is 2.35. The molecule has 0 heterocycles. The molecule has 0 saturated carbocycles. The van der Waals surface area contributed by atoms with E-state index >= 15 is 0 Å². The van der Waals surface area contributed by atoms with Crippen LogP contribution in [0.25, 0.3) is 5.57 Å². The maximum Gasteiger partial charge on any atom is 0.186 e. The number of allylic oxidation sites excluding steroid dienone is 2. The SMILES string of the molecule is COc1ccc2c(c1)C(C)(C)C(c1ccc(OC)c(OC)c1)=CC2=O. The van der Waals surface area contributed by atoms with Crippen LogP contribution in [-0.4, -0.2) is 27.1 Å². The molecule has 0 bridgehead atoms. The molecule has 2 aromatic rings. The number of methoxy groups -OCH3 is 3. The van der Waals surface area contributed by atoms with Crippen molar-refractivity contribution in [3.63, 3.8) is 0 Å². The van der Waals surface area contributed by atoms with Crippen molar-refractivity contribution in [1.29, 1.82) is 0 Å². The number of rotatable bonds is 4. The monoisotopic (exact) mass is 338 g/mol. The highest BCUT2D eigenvalue weighted by atomic mass is 16.5. The Kier molecular flexibility index (Phi) is 4.29. The predicted molar refractivity (Wildman–Crippen MR) is 97.9 cm³/mol. The summed E-state index contributed by atoms with van der Waals surface area (Å²) in [6.45, 7) is 4.22. The van der Waals surface area contributed by atoms with Crippen LogP contribution < -0.4 is 14.2 Å². The van der Waals surface area contributed by atoms with E-state index in [1.807, 2.05) is 36.4 Å². The number of benzene rings is 2. The molecule has 0 saturated heterocycles. The van der Waals surface area contributed by atoms with Crippen molar-refractivity contribution in [3.05, 3.63) is 59.2 Å². The van der Waals surface area contributed by atoms with E-state index in [1.54, 1.807) is 27.4 Å². The fourth-order valence-electron chi connectivity index (χ4n) is 3.36. The van der Waals surface area contributed by atoms with Crippen LogP contribution >= 0.6 is 0 Å². The molecule has 1 aliphatic carbocycles. The Bertz CT molecular complexity index is 862. The number of ether oxygens (including phenoxy) is 3. The molecule has 0 amide bonds. The maximum absolute atomic E-state index is 12.7. The second-order valence-electron chi connectivity index (χ2n) is 6.53. The van der Waals surface area contributed by atoms with Gasteiger partial charge in [0.05, 0.1) is 21.3 Å². The number of fused-ring (bicyclic) bond motifs is 1. The van der Waals surface area contributed by atoms with Gasteiger partial charge in [-0.1, -0.05) is 19.9 Å². The van der Waals surface area contributed by atoms with Gasteiger partial charge in [0, 0.05) is 11.0 Å². The van der Waals surface area contributed by atoms with Crippen molar-refractivity contribution in [1.82, 2.24) is 0 Å². The van der Waals surface area contributed by atoms with E-state index in [9.17, 15) is 4.79 Å². The fraction of sp³-hybridized carbons (Fsp3) is 0.286. The van der Waals surface area contributed by atoms with E-state index in [0.29, 0.717) is 11.5 Å². The molecule has 3 rings (SSSR count). The quantitative estimate of drug-likeness (QED) is 0.835. The van der Waals surface area contributed by atoms with Crippen LogP contribution in [0.5, 0.6) is 17.2 Å². The van der Waals surface area contributed by atoms with E-state index in [2.05, 4.69) is 13.8 Å². The van der Waals surface area contributed by atoms with Gasteiger partial charge in [0.15, 0.2) is 17.3 Å². The summed E-state index contributed by atoms with van der Waals surface area (Å²) in [5.41, 5.74) is 3.21. The van der Waals surface area contributed by atoms with Crippen molar-refractivity contribution >= 4 is 11.4 Å². The standard InChI is InChI=1S/C21H22O4/c1-21(2)16(13-6-9-19(24-4)20(10-13)25-5)12-18(22)15-8-7-14(23-3)11-17(15)21/h6-12H,1-5H3. The smallest absolute Gasteiger partial charge is 0.186 e. The molecule has 0 aliphatic heterocycles. The lowest BCUT2D eigenvalue weighted by Gasteiger charge is -2.34. The largest absolute Gasteiger partial charge is 0.497 e. The average molecular weight is 338 g/mol. The molecular formula is C21H22O4. The normalized spacial score (nSPS) is 15.2. The third-order valence-electron chi connectivity index (χ3n) is 4.81. The van der Waals surface area contributed by atoms with Crippen LogP contribution in [0.1, 0.15) is 35.3 Å². The summed E-state index contributed by atoms with van der Waals surface area (Å²) in [6, 6.07) is 11.3. The molecule has 130 valence electrons. The average Bonchev–Trinajstić information content (AvgIpc) is 2.63. The van der Waals surface area contributed by atoms with Gasteiger partial charge < -0.3 is 14.2 Å². The predicted octanol–water partition coefficient (Wildman–Crippen LogP) is 4.27. The highest BCUT2D eigenvalue weighted by Crippen LogP contribution is 2.45. The Morgan fingerprint density at radius 2 is 1.56 bits per heavy atom. The summed E-state index contributed by atoms with van der Waals surface area (Å²) in [5.74, 6) is 2.05. The Hall–Kier alpha value is -2.75. The van der Waals surface area contributed by atoms with Gasteiger partial charge >= 0.3 is 0 Å². The summed E-state index contributed by atoms with van der Waals surface area (Å²) in [5, 5.41) is 0. The Balaban J connectivity index is 2.16. The molecule has 0 N–H and O–H groups in total. The van der Waals surface area contributed by atoms with Crippen LogP contribution in [0.15, 0.2) is 42.5 Å². The molecule has 0 radical (unpaired) electrons. The lowest BCUT2D eigenvalue weighted by Crippen LogP contribution is -2.27. The second-order valence-corrected chi connectivity index (χ2v) is 6.53. The summed E-state index contributed by atoms with van der Waals surface area (Å²) in [6.07, 6.45) is 1.72.